The first-order valence-electron chi connectivity index (χ1n) is 9.14. The Morgan fingerprint density at radius 2 is 1.63 bits per heavy atom. The second-order valence-electron chi connectivity index (χ2n) is 5.07. The summed E-state index contributed by atoms with van der Waals surface area (Å²) in [6.07, 6.45) is -8.43. The zero-order valence-electron chi connectivity index (χ0n) is 16.6. The van der Waals surface area contributed by atoms with Gasteiger partial charge in [-0.25, -0.2) is 0 Å². The second-order valence-corrected chi connectivity index (χ2v) is 7.35. The number of ether oxygens (including phenoxy) is 5. The summed E-state index contributed by atoms with van der Waals surface area (Å²) in [5.74, 6) is -4.15. The van der Waals surface area contributed by atoms with Crippen molar-refractivity contribution in [1.29, 1.82) is 5.41 Å². The second kappa shape index (κ2) is 9.74. The molecule has 0 radical (unpaired) electrons. The summed E-state index contributed by atoms with van der Waals surface area (Å²) >= 11 is 16.6. The van der Waals surface area contributed by atoms with Crippen LogP contribution in [0.25, 0.3) is 0 Å². The molecule has 154 valence electrons. The van der Waals surface area contributed by atoms with Crippen molar-refractivity contribution in [3.63, 3.8) is 0 Å². The Morgan fingerprint density at radius 1 is 1.07 bits per heavy atom. The summed E-state index contributed by atoms with van der Waals surface area (Å²) in [6, 6.07) is 0. The zero-order chi connectivity index (χ0) is 23.1. The molecular weight excluding hydrogens is 433 g/mol. The molecule has 1 heterocycles. The fourth-order valence-corrected chi connectivity index (χ4v) is 2.19. The van der Waals surface area contributed by atoms with Crippen LogP contribution in [0.5, 0.6) is 0 Å². The molecule has 0 bridgehead atoms. The number of carbonyl (C=O) groups is 3. The molecule has 0 spiro atoms. The molecule has 0 aromatic carbocycles. The average Bonchev–Trinajstić information content (AvgIpc) is 2.69. The van der Waals surface area contributed by atoms with Gasteiger partial charge in [0.2, 0.25) is 12.2 Å². The topological polar surface area (TPSA) is 141 Å². The number of hydrogen-bond donors (Lipinski definition) is 2. The number of nitrogens with one attached hydrogen (secondary N) is 1. The van der Waals surface area contributed by atoms with E-state index in [4.69, 9.17) is 68.0 Å². The van der Waals surface area contributed by atoms with Crippen LogP contribution >= 0.6 is 34.8 Å². The summed E-state index contributed by atoms with van der Waals surface area (Å²) < 4.78 is 43.7. The minimum absolute atomic E-state index is 0.634. The van der Waals surface area contributed by atoms with E-state index in [1.807, 2.05) is 0 Å². The maximum atomic E-state index is 11.6. The number of alkyl halides is 3. The maximum absolute atomic E-state index is 11.6. The Hall–Kier alpha value is -1.33. The predicted octanol–water partition coefficient (Wildman–Crippen LogP) is 0.863. The molecule has 0 aromatic heterocycles. The van der Waals surface area contributed by atoms with E-state index in [0.717, 1.165) is 0 Å². The highest BCUT2D eigenvalue weighted by atomic mass is 35.6. The van der Waals surface area contributed by atoms with E-state index < -0.39 is 85.6 Å². The van der Waals surface area contributed by atoms with Gasteiger partial charge in [-0.15, -0.1) is 0 Å². The number of rotatable bonds is 5. The highest BCUT2D eigenvalue weighted by Crippen LogP contribution is 2.32. The van der Waals surface area contributed by atoms with Crippen LogP contribution in [0.3, 0.4) is 0 Å². The van der Waals surface area contributed by atoms with Crippen LogP contribution in [-0.4, -0.2) is 70.0 Å². The van der Waals surface area contributed by atoms with E-state index in [9.17, 15) is 19.5 Å². The van der Waals surface area contributed by atoms with Gasteiger partial charge in [-0.1, -0.05) is 34.8 Å². The first kappa shape index (κ1) is 19.0. The minimum Gasteiger partial charge on any atom is -0.463 e. The highest BCUT2D eigenvalue weighted by molar-refractivity contribution is 6.76. The number of aliphatic hydroxyl groups excluding tert-OH is 1. The Labute approximate surface area is 173 Å². The smallest absolute Gasteiger partial charge is 0.303 e. The monoisotopic (exact) mass is 452 g/mol. The van der Waals surface area contributed by atoms with Gasteiger partial charge in [-0.2, -0.15) is 0 Å². The first-order valence-corrected chi connectivity index (χ1v) is 8.16. The van der Waals surface area contributed by atoms with Crippen LogP contribution in [0.2, 0.25) is 0 Å². The molecule has 1 aliphatic rings. The van der Waals surface area contributed by atoms with E-state index in [1.54, 1.807) is 0 Å². The molecule has 0 aliphatic carbocycles. The molecule has 13 heteroatoms. The Morgan fingerprint density at radius 3 is 2.15 bits per heavy atom. The van der Waals surface area contributed by atoms with Crippen LogP contribution in [0.1, 0.15) is 24.8 Å². The average molecular weight is 454 g/mol. The lowest BCUT2D eigenvalue weighted by molar-refractivity contribution is -0.289. The van der Waals surface area contributed by atoms with Gasteiger partial charge in [-0.05, 0) is 0 Å². The largest absolute Gasteiger partial charge is 0.463 e. The van der Waals surface area contributed by atoms with E-state index in [-0.39, 0.29) is 0 Å². The fraction of sp³-hybridized carbons (Fsp3) is 0.714. The molecule has 1 fully saturated rings. The SMILES string of the molecule is [2H]CC(=O)OC[C@H]1OC(OC(=N)C(Cl)(Cl)Cl)[C@@H](OC(=O)C[2H])[C@@H](O)[C@@H]1OC(=O)C[2H]. The number of halogens is 3. The van der Waals surface area contributed by atoms with Gasteiger partial charge in [-0.3, -0.25) is 19.8 Å². The van der Waals surface area contributed by atoms with Crippen LogP contribution in [-0.2, 0) is 38.1 Å². The van der Waals surface area contributed by atoms with Crippen LogP contribution in [0, 0.1) is 5.41 Å². The van der Waals surface area contributed by atoms with Gasteiger partial charge in [0.25, 0.3) is 3.79 Å². The number of aliphatic hydroxyl groups is 1. The lowest BCUT2D eigenvalue weighted by Gasteiger charge is -2.42. The van der Waals surface area contributed by atoms with E-state index in [2.05, 4.69) is 0 Å². The van der Waals surface area contributed by atoms with E-state index in [1.165, 1.54) is 0 Å². The summed E-state index contributed by atoms with van der Waals surface area (Å²) in [4.78, 5) is 34.4. The molecule has 10 nitrogen and oxygen atoms in total. The van der Waals surface area contributed by atoms with Gasteiger partial charge in [0.05, 0.1) is 0 Å². The molecule has 0 amide bonds. The lowest BCUT2D eigenvalue weighted by atomic mass is 9.98. The van der Waals surface area contributed by atoms with Crippen molar-refractivity contribution in [2.24, 2.45) is 0 Å². The molecule has 0 saturated carbocycles. The van der Waals surface area contributed by atoms with Gasteiger partial charge >= 0.3 is 17.9 Å². The molecule has 27 heavy (non-hydrogen) atoms. The van der Waals surface area contributed by atoms with Crippen molar-refractivity contribution in [3.05, 3.63) is 0 Å². The standard InChI is InChI=1S/C14H18Cl3NO9/c1-5(19)23-4-8-10(24-6(2)20)9(22)11(25-7(3)21)12(26-8)27-13(18)14(15,16)17/h8-12,18,22H,4H2,1-3H3/t8-,9+,10-,11+,12?/m1/s1/i1D,2D,3D. The Balaban J connectivity index is 3.19. The zero-order valence-corrected chi connectivity index (χ0v) is 15.8. The number of carbonyl (C=O) groups excluding carboxylic acids is 3. The molecular formula is C14H18Cl3NO9. The highest BCUT2D eigenvalue weighted by Gasteiger charge is 2.51. The van der Waals surface area contributed by atoms with Crippen molar-refractivity contribution >= 4 is 58.6 Å². The fourth-order valence-electron chi connectivity index (χ4n) is 2.06. The minimum atomic E-state index is -2.35. The normalized spacial score (nSPS) is 29.5. The van der Waals surface area contributed by atoms with E-state index in [0.29, 0.717) is 0 Å². The van der Waals surface area contributed by atoms with Gasteiger partial charge in [0, 0.05) is 24.8 Å². The summed E-state index contributed by atoms with van der Waals surface area (Å²) in [5.41, 5.74) is 0. The molecule has 2 N–H and O–H groups in total. The quantitative estimate of drug-likeness (QED) is 0.204. The molecule has 1 saturated heterocycles. The summed E-state index contributed by atoms with van der Waals surface area (Å²) in [7, 11) is 0. The van der Waals surface area contributed by atoms with Crippen molar-refractivity contribution in [1.82, 2.24) is 0 Å². The molecule has 1 rings (SSSR count). The Bertz CT molecular complexity index is 650. The predicted molar refractivity (Wildman–Crippen MR) is 91.5 cm³/mol. The molecule has 5 atom stereocenters. The third-order valence-corrected chi connectivity index (χ3v) is 3.57. The Kier molecular flexibility index (Phi) is 6.86. The molecule has 0 aromatic rings. The molecule has 1 aliphatic heterocycles. The van der Waals surface area contributed by atoms with Crippen molar-refractivity contribution in [2.75, 3.05) is 6.61 Å². The maximum Gasteiger partial charge on any atom is 0.303 e. The third kappa shape index (κ3) is 7.30. The van der Waals surface area contributed by atoms with Crippen molar-refractivity contribution in [3.8, 4) is 0 Å². The van der Waals surface area contributed by atoms with Crippen molar-refractivity contribution in [2.45, 2.75) is 55.2 Å². The van der Waals surface area contributed by atoms with Crippen molar-refractivity contribution < 1.29 is 47.3 Å². The van der Waals surface area contributed by atoms with Gasteiger partial charge in [0.15, 0.2) is 12.2 Å². The summed E-state index contributed by atoms with van der Waals surface area (Å²) in [5, 5.41) is 18.3. The lowest BCUT2D eigenvalue weighted by Crippen LogP contribution is -2.62. The van der Waals surface area contributed by atoms with Crippen LogP contribution in [0.15, 0.2) is 0 Å². The third-order valence-electron chi connectivity index (χ3n) is 3.05. The van der Waals surface area contributed by atoms with Gasteiger partial charge in [0.1, 0.15) is 18.8 Å². The van der Waals surface area contributed by atoms with E-state index >= 15 is 0 Å². The number of hydrogen-bond acceptors (Lipinski definition) is 10. The van der Waals surface area contributed by atoms with Crippen LogP contribution < -0.4 is 0 Å². The van der Waals surface area contributed by atoms with Crippen LogP contribution in [0.4, 0.5) is 0 Å². The summed E-state index contributed by atoms with van der Waals surface area (Å²) in [6.45, 7) is -3.03. The number of esters is 3. The van der Waals surface area contributed by atoms with Gasteiger partial charge < -0.3 is 28.8 Å². The molecule has 1 unspecified atom stereocenters. The first-order chi connectivity index (χ1) is 13.9.